The van der Waals surface area contributed by atoms with Gasteiger partial charge in [0.1, 0.15) is 6.54 Å². The highest BCUT2D eigenvalue weighted by atomic mass is 15.3. The monoisotopic (exact) mass is 192 g/mol. The summed E-state index contributed by atoms with van der Waals surface area (Å²) in [6.45, 7) is 0.250. The molecule has 6 heteroatoms. The molecule has 0 radical (unpaired) electrons. The summed E-state index contributed by atoms with van der Waals surface area (Å²) >= 11 is 0. The van der Waals surface area contributed by atoms with E-state index in [0.717, 1.165) is 5.69 Å². The van der Waals surface area contributed by atoms with Gasteiger partial charge in [-0.25, -0.2) is 0 Å². The van der Waals surface area contributed by atoms with Crippen molar-refractivity contribution in [2.45, 2.75) is 6.54 Å². The largest absolute Gasteiger partial charge is 0.359 e. The Bertz CT molecular complexity index is 358. The lowest BCUT2D eigenvalue weighted by Gasteiger charge is -2.04. The van der Waals surface area contributed by atoms with E-state index in [1.54, 1.807) is 31.2 Å². The lowest BCUT2D eigenvalue weighted by atomic mass is 10.5. The third kappa shape index (κ3) is 2.48. The normalized spacial score (nSPS) is 10.8. The molecule has 1 aromatic rings. The molecule has 1 aromatic heterocycles. The first-order chi connectivity index (χ1) is 6.80. The molecule has 0 aliphatic heterocycles. The maximum Gasteiger partial charge on any atom is 0.195 e. The van der Waals surface area contributed by atoms with Crippen molar-refractivity contribution in [3.63, 3.8) is 0 Å². The number of nitrogens with zero attached hydrogens (tertiary/aromatic N) is 4. The van der Waals surface area contributed by atoms with Gasteiger partial charge in [-0.2, -0.15) is 10.4 Å². The first-order valence-corrected chi connectivity index (χ1v) is 4.11. The Hall–Kier alpha value is -2.03. The van der Waals surface area contributed by atoms with Crippen LogP contribution in [-0.2, 0) is 6.54 Å². The van der Waals surface area contributed by atoms with Gasteiger partial charge in [-0.05, 0) is 0 Å². The van der Waals surface area contributed by atoms with Crippen molar-refractivity contribution in [1.29, 1.82) is 5.26 Å². The zero-order chi connectivity index (χ0) is 10.4. The van der Waals surface area contributed by atoms with Gasteiger partial charge in [0.2, 0.25) is 0 Å². The molecule has 1 rings (SSSR count). The SMILES string of the molecule is CN=C(NC)Nc1cnn(CC#N)c1. The second kappa shape index (κ2) is 4.87. The average molecular weight is 192 g/mol. The van der Waals surface area contributed by atoms with E-state index in [2.05, 4.69) is 20.7 Å². The summed E-state index contributed by atoms with van der Waals surface area (Å²) in [5.41, 5.74) is 0.801. The smallest absolute Gasteiger partial charge is 0.195 e. The fourth-order valence-electron chi connectivity index (χ4n) is 0.954. The zero-order valence-electron chi connectivity index (χ0n) is 8.15. The highest BCUT2D eigenvalue weighted by molar-refractivity contribution is 5.92. The second-order valence-corrected chi connectivity index (χ2v) is 2.53. The lowest BCUT2D eigenvalue weighted by molar-refractivity contribution is 0.710. The number of hydrogen-bond donors (Lipinski definition) is 2. The van der Waals surface area contributed by atoms with E-state index in [1.807, 2.05) is 6.07 Å². The molecule has 0 saturated heterocycles. The molecule has 0 unspecified atom stereocenters. The Morgan fingerprint density at radius 3 is 3.14 bits per heavy atom. The van der Waals surface area contributed by atoms with Gasteiger partial charge in [-0.3, -0.25) is 9.67 Å². The zero-order valence-corrected chi connectivity index (χ0v) is 8.15. The van der Waals surface area contributed by atoms with E-state index < -0.39 is 0 Å². The van der Waals surface area contributed by atoms with E-state index in [4.69, 9.17) is 5.26 Å². The van der Waals surface area contributed by atoms with Gasteiger partial charge >= 0.3 is 0 Å². The van der Waals surface area contributed by atoms with Gasteiger partial charge in [0.25, 0.3) is 0 Å². The van der Waals surface area contributed by atoms with Crippen LogP contribution in [0.5, 0.6) is 0 Å². The van der Waals surface area contributed by atoms with E-state index in [-0.39, 0.29) is 6.54 Å². The van der Waals surface area contributed by atoms with Gasteiger partial charge in [0.15, 0.2) is 5.96 Å². The minimum atomic E-state index is 0.250. The Kier molecular flexibility index (Phi) is 3.49. The number of nitrogens with one attached hydrogen (secondary N) is 2. The number of guanidine groups is 1. The summed E-state index contributed by atoms with van der Waals surface area (Å²) in [5.74, 6) is 0.654. The molecule has 0 fully saturated rings. The number of hydrogen-bond acceptors (Lipinski definition) is 3. The first kappa shape index (κ1) is 10.1. The van der Waals surface area contributed by atoms with Gasteiger partial charge in [0, 0.05) is 20.3 Å². The highest BCUT2D eigenvalue weighted by Gasteiger charge is 1.99. The molecule has 0 amide bonds. The van der Waals surface area contributed by atoms with Crippen molar-refractivity contribution in [3.05, 3.63) is 12.4 Å². The molecular weight excluding hydrogens is 180 g/mol. The standard InChI is InChI=1S/C8H12N6/c1-10-8(11-2)13-7-5-12-14(6-7)4-3-9/h5-6H,4H2,1-2H3,(H2,10,11,13). The Labute approximate surface area is 82.3 Å². The highest BCUT2D eigenvalue weighted by Crippen LogP contribution is 2.03. The minimum Gasteiger partial charge on any atom is -0.359 e. The quantitative estimate of drug-likeness (QED) is 0.511. The van der Waals surface area contributed by atoms with E-state index in [1.165, 1.54) is 0 Å². The van der Waals surface area contributed by atoms with Crippen molar-refractivity contribution in [2.75, 3.05) is 19.4 Å². The van der Waals surface area contributed by atoms with Crippen LogP contribution in [0.25, 0.3) is 0 Å². The fourth-order valence-corrected chi connectivity index (χ4v) is 0.954. The fraction of sp³-hybridized carbons (Fsp3) is 0.375. The molecule has 0 atom stereocenters. The number of aliphatic imine (C=N–C) groups is 1. The van der Waals surface area contributed by atoms with Crippen LogP contribution in [0, 0.1) is 11.3 Å². The molecule has 0 spiro atoms. The van der Waals surface area contributed by atoms with E-state index >= 15 is 0 Å². The molecule has 0 bridgehead atoms. The summed E-state index contributed by atoms with van der Waals surface area (Å²) < 4.78 is 1.55. The van der Waals surface area contributed by atoms with E-state index in [0.29, 0.717) is 5.96 Å². The Balaban J connectivity index is 2.64. The average Bonchev–Trinajstić information content (AvgIpc) is 2.63. The lowest BCUT2D eigenvalue weighted by Crippen LogP contribution is -2.26. The summed E-state index contributed by atoms with van der Waals surface area (Å²) in [4.78, 5) is 3.95. The van der Waals surface area contributed by atoms with Crippen LogP contribution in [0.2, 0.25) is 0 Å². The first-order valence-electron chi connectivity index (χ1n) is 4.11. The van der Waals surface area contributed by atoms with Gasteiger partial charge < -0.3 is 10.6 Å². The number of aromatic nitrogens is 2. The maximum absolute atomic E-state index is 8.44. The predicted molar refractivity (Wildman–Crippen MR) is 53.9 cm³/mol. The molecule has 1 heterocycles. The minimum absolute atomic E-state index is 0.250. The van der Waals surface area contributed by atoms with Crippen LogP contribution in [0.1, 0.15) is 0 Å². The summed E-state index contributed by atoms with van der Waals surface area (Å²) in [5, 5.41) is 18.3. The maximum atomic E-state index is 8.44. The van der Waals surface area contributed by atoms with Crippen LogP contribution in [0.4, 0.5) is 5.69 Å². The second-order valence-electron chi connectivity index (χ2n) is 2.53. The Morgan fingerprint density at radius 2 is 2.57 bits per heavy atom. The molecule has 14 heavy (non-hydrogen) atoms. The van der Waals surface area contributed by atoms with Crippen molar-refractivity contribution in [3.8, 4) is 6.07 Å². The molecule has 0 aliphatic carbocycles. The predicted octanol–water partition coefficient (Wildman–Crippen LogP) is 0.0238. The van der Waals surface area contributed by atoms with Crippen LogP contribution >= 0.6 is 0 Å². The van der Waals surface area contributed by atoms with Gasteiger partial charge in [-0.1, -0.05) is 0 Å². The van der Waals surface area contributed by atoms with Crippen LogP contribution in [0.3, 0.4) is 0 Å². The van der Waals surface area contributed by atoms with Crippen molar-refractivity contribution in [2.24, 2.45) is 4.99 Å². The van der Waals surface area contributed by atoms with Crippen molar-refractivity contribution in [1.82, 2.24) is 15.1 Å². The number of rotatable bonds is 2. The molecule has 0 aromatic carbocycles. The molecule has 2 N–H and O–H groups in total. The molecule has 74 valence electrons. The van der Waals surface area contributed by atoms with Crippen LogP contribution in [-0.4, -0.2) is 29.8 Å². The van der Waals surface area contributed by atoms with Crippen molar-refractivity contribution < 1.29 is 0 Å². The summed E-state index contributed by atoms with van der Waals surface area (Å²) in [6.07, 6.45) is 3.38. The third-order valence-electron chi connectivity index (χ3n) is 1.59. The summed E-state index contributed by atoms with van der Waals surface area (Å²) in [7, 11) is 3.45. The summed E-state index contributed by atoms with van der Waals surface area (Å²) in [6, 6.07) is 2.01. The number of nitriles is 1. The van der Waals surface area contributed by atoms with Crippen molar-refractivity contribution >= 4 is 11.6 Å². The topological polar surface area (TPSA) is 78.0 Å². The molecule has 0 aliphatic rings. The van der Waals surface area contributed by atoms with E-state index in [9.17, 15) is 0 Å². The number of anilines is 1. The third-order valence-corrected chi connectivity index (χ3v) is 1.59. The van der Waals surface area contributed by atoms with Gasteiger partial charge in [-0.15, -0.1) is 0 Å². The Morgan fingerprint density at radius 1 is 1.79 bits per heavy atom. The molecule has 6 nitrogen and oxygen atoms in total. The van der Waals surface area contributed by atoms with Crippen LogP contribution in [0.15, 0.2) is 17.4 Å². The molecular formula is C8H12N6. The molecule has 0 saturated carbocycles. The van der Waals surface area contributed by atoms with Gasteiger partial charge in [0.05, 0.1) is 18.0 Å². The van der Waals surface area contributed by atoms with Crippen LogP contribution < -0.4 is 10.6 Å².